The van der Waals surface area contributed by atoms with Gasteiger partial charge in [0.2, 0.25) is 0 Å². The van der Waals surface area contributed by atoms with E-state index in [0.29, 0.717) is 11.3 Å². The second kappa shape index (κ2) is 5.55. The van der Waals surface area contributed by atoms with Gasteiger partial charge in [0.1, 0.15) is 6.23 Å². The van der Waals surface area contributed by atoms with Crippen LogP contribution in [0.5, 0.6) is 0 Å². The van der Waals surface area contributed by atoms with Crippen molar-refractivity contribution in [2.45, 2.75) is 39.5 Å². The van der Waals surface area contributed by atoms with Crippen LogP contribution in [-0.2, 0) is 4.74 Å². The van der Waals surface area contributed by atoms with Crippen LogP contribution in [0.15, 0.2) is 15.8 Å². The number of nitrogens with one attached hydrogen (secondary N) is 1. The van der Waals surface area contributed by atoms with Crippen molar-refractivity contribution < 1.29 is 4.74 Å². The molecule has 1 aromatic heterocycles. The summed E-state index contributed by atoms with van der Waals surface area (Å²) >= 11 is 4.16. The van der Waals surface area contributed by atoms with E-state index in [1.165, 1.54) is 4.57 Å². The highest BCUT2D eigenvalue weighted by Crippen LogP contribution is 2.27. The molecule has 1 N–H and O–H groups in total. The number of hydrogen-bond donors (Lipinski definition) is 2. The van der Waals surface area contributed by atoms with Crippen LogP contribution in [0.2, 0.25) is 0 Å². The van der Waals surface area contributed by atoms with Gasteiger partial charge in [-0.3, -0.25) is 14.3 Å². The molecule has 0 aromatic carbocycles. The van der Waals surface area contributed by atoms with E-state index in [4.69, 9.17) is 4.74 Å². The lowest BCUT2D eigenvalue weighted by atomic mass is 10.2. The second-order valence-corrected chi connectivity index (χ2v) is 4.32. The predicted octanol–water partition coefficient (Wildman–Crippen LogP) is 1.09. The van der Waals surface area contributed by atoms with Crippen LogP contribution in [0, 0.1) is 6.92 Å². The molecule has 1 aliphatic heterocycles. The molecule has 0 spiro atoms. The van der Waals surface area contributed by atoms with E-state index in [1.54, 1.807) is 13.1 Å². The van der Waals surface area contributed by atoms with Crippen LogP contribution in [-0.4, -0.2) is 21.4 Å². The van der Waals surface area contributed by atoms with Gasteiger partial charge in [-0.05, 0) is 19.8 Å². The fourth-order valence-corrected chi connectivity index (χ4v) is 2.09. The van der Waals surface area contributed by atoms with Gasteiger partial charge >= 0.3 is 5.69 Å². The lowest BCUT2D eigenvalue weighted by Crippen LogP contribution is -2.33. The number of rotatable bonds is 2. The Bertz CT molecular complexity index is 494. The van der Waals surface area contributed by atoms with Gasteiger partial charge in [0, 0.05) is 17.5 Å². The third-order valence-corrected chi connectivity index (χ3v) is 3.15. The summed E-state index contributed by atoms with van der Waals surface area (Å²) < 4.78 is 7.08. The Hall–Kier alpha value is -1.01. The number of aromatic nitrogens is 2. The highest BCUT2D eigenvalue weighted by atomic mass is 32.1. The van der Waals surface area contributed by atoms with Gasteiger partial charge in [0.05, 0.1) is 6.10 Å². The van der Waals surface area contributed by atoms with E-state index in [9.17, 15) is 9.59 Å². The summed E-state index contributed by atoms with van der Waals surface area (Å²) in [7, 11) is 0. The number of hydrogen-bond acceptors (Lipinski definition) is 4. The largest absolute Gasteiger partial charge is 0.354 e. The highest BCUT2D eigenvalue weighted by Gasteiger charge is 2.26. The number of aryl methyl sites for hydroxylation is 1. The first kappa shape index (κ1) is 14.1. The van der Waals surface area contributed by atoms with Gasteiger partial charge in [-0.15, -0.1) is 0 Å². The number of thiol groups is 1. The standard InChI is InChI=1S/C10H14N2O3S.CH4/c1-6-4-12(10(14)11-9(6)13)8-3-2-7(5-16)15-8;/h4,7-8,16H,2-3,5H2,1H3,(H,11,13,14);1H4/t7-,8+;/m0./s1. The molecule has 1 saturated heterocycles. The molecule has 0 bridgehead atoms. The molecule has 17 heavy (non-hydrogen) atoms. The normalized spacial score (nSPS) is 23.4. The van der Waals surface area contributed by atoms with E-state index in [-0.39, 0.29) is 25.3 Å². The van der Waals surface area contributed by atoms with E-state index < -0.39 is 5.69 Å². The minimum atomic E-state index is -0.416. The fourth-order valence-electron chi connectivity index (χ4n) is 1.83. The molecular weight excluding hydrogens is 240 g/mol. The SMILES string of the molecule is C.Cc1cn([C@H]2CC[C@@H](CS)O2)c(=O)[nH]c1=O. The predicted molar refractivity (Wildman–Crippen MR) is 69.8 cm³/mol. The van der Waals surface area contributed by atoms with Crippen LogP contribution in [0.1, 0.15) is 32.1 Å². The van der Waals surface area contributed by atoms with Gasteiger partial charge in [0.15, 0.2) is 0 Å². The minimum Gasteiger partial charge on any atom is -0.354 e. The van der Waals surface area contributed by atoms with E-state index in [1.807, 2.05) is 0 Å². The fraction of sp³-hybridized carbons (Fsp3) is 0.636. The molecule has 2 heterocycles. The monoisotopic (exact) mass is 258 g/mol. The summed E-state index contributed by atoms with van der Waals surface area (Å²) in [5.74, 6) is 0.646. The molecule has 0 amide bonds. The molecule has 0 unspecified atom stereocenters. The second-order valence-electron chi connectivity index (χ2n) is 3.95. The maximum absolute atomic E-state index is 11.6. The zero-order valence-corrected chi connectivity index (χ0v) is 9.87. The highest BCUT2D eigenvalue weighted by molar-refractivity contribution is 7.80. The molecule has 1 aromatic rings. The lowest BCUT2D eigenvalue weighted by Gasteiger charge is -2.14. The molecule has 0 radical (unpaired) electrons. The molecule has 6 heteroatoms. The molecule has 2 atom stereocenters. The number of nitrogens with zero attached hydrogens (tertiary/aromatic N) is 1. The Balaban J connectivity index is 0.00000144. The molecule has 1 fully saturated rings. The van der Waals surface area contributed by atoms with E-state index in [2.05, 4.69) is 17.6 Å². The van der Waals surface area contributed by atoms with E-state index >= 15 is 0 Å². The van der Waals surface area contributed by atoms with Gasteiger partial charge in [0.25, 0.3) is 5.56 Å². The summed E-state index contributed by atoms with van der Waals surface area (Å²) in [5, 5.41) is 0. The van der Waals surface area contributed by atoms with Crippen molar-refractivity contribution in [1.82, 2.24) is 9.55 Å². The van der Waals surface area contributed by atoms with Crippen molar-refractivity contribution in [3.63, 3.8) is 0 Å². The van der Waals surface area contributed by atoms with Crippen LogP contribution in [0.4, 0.5) is 0 Å². The molecule has 2 rings (SSSR count). The maximum atomic E-state index is 11.6. The molecule has 0 saturated carbocycles. The molecule has 5 nitrogen and oxygen atoms in total. The van der Waals surface area contributed by atoms with Gasteiger partial charge in [-0.2, -0.15) is 12.6 Å². The average Bonchev–Trinajstić information content (AvgIpc) is 2.71. The summed E-state index contributed by atoms with van der Waals surface area (Å²) in [6.45, 7) is 1.67. The van der Waals surface area contributed by atoms with Crippen molar-refractivity contribution in [2.75, 3.05) is 5.75 Å². The molecule has 0 aliphatic carbocycles. The molecular formula is C11H18N2O3S. The van der Waals surface area contributed by atoms with E-state index in [0.717, 1.165) is 12.8 Å². The van der Waals surface area contributed by atoms with Crippen molar-refractivity contribution in [3.05, 3.63) is 32.6 Å². The summed E-state index contributed by atoms with van der Waals surface area (Å²) in [4.78, 5) is 25.1. The maximum Gasteiger partial charge on any atom is 0.330 e. The molecule has 96 valence electrons. The Morgan fingerprint density at radius 2 is 2.24 bits per heavy atom. The third kappa shape index (κ3) is 2.81. The summed E-state index contributed by atoms with van der Waals surface area (Å²) in [5.41, 5.74) is -0.247. The lowest BCUT2D eigenvalue weighted by molar-refractivity contribution is 0.0101. The van der Waals surface area contributed by atoms with Gasteiger partial charge < -0.3 is 4.74 Å². The number of H-pyrrole nitrogens is 1. The van der Waals surface area contributed by atoms with Crippen molar-refractivity contribution >= 4 is 12.6 Å². The number of aromatic amines is 1. The third-order valence-electron chi connectivity index (χ3n) is 2.74. The van der Waals surface area contributed by atoms with Crippen LogP contribution in [0.3, 0.4) is 0 Å². The Morgan fingerprint density at radius 3 is 2.82 bits per heavy atom. The first-order valence-electron chi connectivity index (χ1n) is 5.20. The zero-order valence-electron chi connectivity index (χ0n) is 8.97. The quantitative estimate of drug-likeness (QED) is 0.780. The van der Waals surface area contributed by atoms with Crippen LogP contribution < -0.4 is 11.2 Å². The van der Waals surface area contributed by atoms with Crippen molar-refractivity contribution in [1.29, 1.82) is 0 Å². The van der Waals surface area contributed by atoms with Gasteiger partial charge in [-0.25, -0.2) is 4.79 Å². The summed E-state index contributed by atoms with van der Waals surface area (Å²) in [6.07, 6.45) is 3.02. The smallest absolute Gasteiger partial charge is 0.330 e. The van der Waals surface area contributed by atoms with Crippen molar-refractivity contribution in [3.8, 4) is 0 Å². The average molecular weight is 258 g/mol. The van der Waals surface area contributed by atoms with Crippen LogP contribution >= 0.6 is 12.6 Å². The summed E-state index contributed by atoms with van der Waals surface area (Å²) in [6, 6.07) is 0. The van der Waals surface area contributed by atoms with Crippen LogP contribution in [0.25, 0.3) is 0 Å². The Labute approximate surface area is 105 Å². The topological polar surface area (TPSA) is 64.1 Å². The Morgan fingerprint density at radius 1 is 1.53 bits per heavy atom. The van der Waals surface area contributed by atoms with Gasteiger partial charge in [-0.1, -0.05) is 7.43 Å². The van der Waals surface area contributed by atoms with Crippen molar-refractivity contribution in [2.24, 2.45) is 0 Å². The number of ether oxygens (including phenoxy) is 1. The minimum absolute atomic E-state index is 0. The first-order chi connectivity index (χ1) is 7.61. The zero-order chi connectivity index (χ0) is 11.7. The molecule has 1 aliphatic rings. The first-order valence-corrected chi connectivity index (χ1v) is 5.83. The Kier molecular flexibility index (Phi) is 4.59.